The number of aromatic nitrogens is 1. The molecule has 102 valence electrons. The van der Waals surface area contributed by atoms with Gasteiger partial charge in [0.15, 0.2) is 6.29 Å². The average molecular weight is 263 g/mol. The standard InChI is InChI=1S/C14H17NO4/c1-17-12(18-2)9-15-8-7-10-5-4-6-11(13(10)15)14(16)19-3/h4-8,12H,9H2,1-3H3. The second-order valence-electron chi connectivity index (χ2n) is 4.10. The number of rotatable bonds is 5. The number of carbonyl (C=O) groups is 1. The molecule has 0 aliphatic carbocycles. The Labute approximate surface area is 111 Å². The van der Waals surface area contributed by atoms with Crippen molar-refractivity contribution in [1.82, 2.24) is 4.57 Å². The van der Waals surface area contributed by atoms with Gasteiger partial charge in [-0.05, 0) is 12.1 Å². The molecule has 0 saturated heterocycles. The summed E-state index contributed by atoms with van der Waals surface area (Å²) < 4.78 is 17.1. The minimum atomic E-state index is -0.360. The van der Waals surface area contributed by atoms with Crippen molar-refractivity contribution in [2.45, 2.75) is 12.8 Å². The lowest BCUT2D eigenvalue weighted by atomic mass is 10.1. The van der Waals surface area contributed by atoms with Gasteiger partial charge in [-0.2, -0.15) is 0 Å². The van der Waals surface area contributed by atoms with Gasteiger partial charge in [0, 0.05) is 25.8 Å². The first kappa shape index (κ1) is 13.6. The number of benzene rings is 1. The summed E-state index contributed by atoms with van der Waals surface area (Å²) in [5, 5.41) is 0.980. The molecule has 0 N–H and O–H groups in total. The predicted molar refractivity (Wildman–Crippen MR) is 71.1 cm³/mol. The van der Waals surface area contributed by atoms with Crippen LogP contribution in [0.3, 0.4) is 0 Å². The lowest BCUT2D eigenvalue weighted by molar-refractivity contribution is -0.110. The third-order valence-corrected chi connectivity index (χ3v) is 3.07. The summed E-state index contributed by atoms with van der Waals surface area (Å²) in [6.07, 6.45) is 1.55. The van der Waals surface area contributed by atoms with Gasteiger partial charge in [-0.15, -0.1) is 0 Å². The molecule has 5 heteroatoms. The summed E-state index contributed by atoms with van der Waals surface area (Å²) in [4.78, 5) is 11.8. The summed E-state index contributed by atoms with van der Waals surface area (Å²) in [6, 6.07) is 7.49. The van der Waals surface area contributed by atoms with Crippen LogP contribution in [0.4, 0.5) is 0 Å². The maximum Gasteiger partial charge on any atom is 0.340 e. The molecule has 0 aliphatic heterocycles. The highest BCUT2D eigenvalue weighted by atomic mass is 16.7. The van der Waals surface area contributed by atoms with Crippen molar-refractivity contribution in [3.8, 4) is 0 Å². The zero-order valence-electron chi connectivity index (χ0n) is 11.3. The van der Waals surface area contributed by atoms with Gasteiger partial charge in [-0.3, -0.25) is 0 Å². The molecular formula is C14H17NO4. The van der Waals surface area contributed by atoms with Crippen LogP contribution in [0.1, 0.15) is 10.4 Å². The van der Waals surface area contributed by atoms with Crippen LogP contribution in [0.15, 0.2) is 30.5 Å². The molecule has 0 spiro atoms. The Morgan fingerprint density at radius 1 is 1.21 bits per heavy atom. The van der Waals surface area contributed by atoms with Crippen molar-refractivity contribution in [3.63, 3.8) is 0 Å². The summed E-state index contributed by atoms with van der Waals surface area (Å²) in [6.45, 7) is 0.504. The third-order valence-electron chi connectivity index (χ3n) is 3.07. The lowest BCUT2D eigenvalue weighted by Crippen LogP contribution is -2.20. The van der Waals surface area contributed by atoms with Crippen molar-refractivity contribution in [1.29, 1.82) is 0 Å². The Hall–Kier alpha value is -1.85. The van der Waals surface area contributed by atoms with Crippen molar-refractivity contribution < 1.29 is 19.0 Å². The van der Waals surface area contributed by atoms with E-state index in [-0.39, 0.29) is 12.3 Å². The predicted octanol–water partition coefficient (Wildman–Crippen LogP) is 2.05. The molecule has 0 radical (unpaired) electrons. The maximum absolute atomic E-state index is 11.8. The van der Waals surface area contributed by atoms with Crippen LogP contribution in [0.25, 0.3) is 10.9 Å². The zero-order valence-corrected chi connectivity index (χ0v) is 11.3. The summed E-state index contributed by atoms with van der Waals surface area (Å²) in [7, 11) is 4.55. The van der Waals surface area contributed by atoms with Crippen LogP contribution in [0.5, 0.6) is 0 Å². The maximum atomic E-state index is 11.8. The zero-order chi connectivity index (χ0) is 13.8. The van der Waals surface area contributed by atoms with Gasteiger partial charge in [0.05, 0.1) is 24.7 Å². The molecule has 1 aromatic heterocycles. The van der Waals surface area contributed by atoms with Crippen LogP contribution in [0.2, 0.25) is 0 Å². The molecule has 0 atom stereocenters. The monoisotopic (exact) mass is 263 g/mol. The largest absolute Gasteiger partial charge is 0.465 e. The fraction of sp³-hybridized carbons (Fsp3) is 0.357. The van der Waals surface area contributed by atoms with Gasteiger partial charge >= 0.3 is 5.97 Å². The van der Waals surface area contributed by atoms with E-state index in [0.717, 1.165) is 10.9 Å². The molecule has 0 aliphatic rings. The fourth-order valence-electron chi connectivity index (χ4n) is 2.09. The molecule has 1 heterocycles. The Bertz CT molecular complexity index is 572. The van der Waals surface area contributed by atoms with E-state index in [4.69, 9.17) is 14.2 Å². The molecule has 5 nitrogen and oxygen atoms in total. The molecule has 0 fully saturated rings. The first-order valence-corrected chi connectivity index (χ1v) is 5.93. The van der Waals surface area contributed by atoms with E-state index in [0.29, 0.717) is 12.1 Å². The van der Waals surface area contributed by atoms with Crippen LogP contribution < -0.4 is 0 Å². The van der Waals surface area contributed by atoms with E-state index in [2.05, 4.69) is 0 Å². The quantitative estimate of drug-likeness (QED) is 0.612. The summed E-state index contributed by atoms with van der Waals surface area (Å²) in [5.41, 5.74) is 1.37. The van der Waals surface area contributed by atoms with Gasteiger partial charge in [-0.1, -0.05) is 12.1 Å². The molecular weight excluding hydrogens is 246 g/mol. The van der Waals surface area contributed by atoms with E-state index in [9.17, 15) is 4.79 Å². The molecule has 2 aromatic rings. The van der Waals surface area contributed by atoms with Gasteiger partial charge < -0.3 is 18.8 Å². The first-order valence-electron chi connectivity index (χ1n) is 5.93. The second-order valence-corrected chi connectivity index (χ2v) is 4.10. The average Bonchev–Trinajstić information content (AvgIpc) is 2.86. The number of hydrogen-bond donors (Lipinski definition) is 0. The van der Waals surface area contributed by atoms with Gasteiger partial charge in [0.25, 0.3) is 0 Å². The van der Waals surface area contributed by atoms with Crippen LogP contribution >= 0.6 is 0 Å². The smallest absolute Gasteiger partial charge is 0.340 e. The number of para-hydroxylation sites is 1. The highest BCUT2D eigenvalue weighted by Gasteiger charge is 2.15. The highest BCUT2D eigenvalue weighted by molar-refractivity contribution is 6.03. The molecule has 0 unspecified atom stereocenters. The SMILES string of the molecule is COC(=O)c1cccc2ccn(CC(OC)OC)c12. The van der Waals surface area contributed by atoms with Gasteiger partial charge in [0.2, 0.25) is 0 Å². The van der Waals surface area contributed by atoms with Gasteiger partial charge in [-0.25, -0.2) is 4.79 Å². The minimum absolute atomic E-state index is 0.350. The second kappa shape index (κ2) is 5.86. The number of esters is 1. The van der Waals surface area contributed by atoms with Crippen molar-refractivity contribution in [2.24, 2.45) is 0 Å². The van der Waals surface area contributed by atoms with E-state index in [1.165, 1.54) is 7.11 Å². The number of ether oxygens (including phenoxy) is 3. The van der Waals surface area contributed by atoms with Crippen molar-refractivity contribution in [3.05, 3.63) is 36.0 Å². The van der Waals surface area contributed by atoms with E-state index < -0.39 is 0 Å². The van der Waals surface area contributed by atoms with Crippen molar-refractivity contribution in [2.75, 3.05) is 21.3 Å². The summed E-state index contributed by atoms with van der Waals surface area (Å²) in [5.74, 6) is -0.350. The molecule has 0 amide bonds. The van der Waals surface area contributed by atoms with Crippen LogP contribution in [-0.2, 0) is 20.8 Å². The Kier molecular flexibility index (Phi) is 4.19. The summed E-state index contributed by atoms with van der Waals surface area (Å²) >= 11 is 0. The Morgan fingerprint density at radius 3 is 2.58 bits per heavy atom. The van der Waals surface area contributed by atoms with E-state index >= 15 is 0 Å². The Morgan fingerprint density at radius 2 is 1.95 bits per heavy atom. The number of methoxy groups -OCH3 is 3. The number of carbonyl (C=O) groups excluding carboxylic acids is 1. The molecule has 1 aromatic carbocycles. The normalized spacial score (nSPS) is 11.2. The number of hydrogen-bond acceptors (Lipinski definition) is 4. The molecule has 2 rings (SSSR count). The van der Waals surface area contributed by atoms with Crippen molar-refractivity contribution >= 4 is 16.9 Å². The fourth-order valence-corrected chi connectivity index (χ4v) is 2.09. The molecule has 0 bridgehead atoms. The topological polar surface area (TPSA) is 49.7 Å². The van der Waals surface area contributed by atoms with Crippen LogP contribution in [0, 0.1) is 0 Å². The number of nitrogens with zero attached hydrogens (tertiary/aromatic N) is 1. The van der Waals surface area contributed by atoms with Gasteiger partial charge in [0.1, 0.15) is 0 Å². The molecule has 19 heavy (non-hydrogen) atoms. The first-order chi connectivity index (χ1) is 9.21. The number of fused-ring (bicyclic) bond motifs is 1. The third kappa shape index (κ3) is 2.62. The Balaban J connectivity index is 2.47. The van der Waals surface area contributed by atoms with E-state index in [1.54, 1.807) is 20.3 Å². The minimum Gasteiger partial charge on any atom is -0.465 e. The highest BCUT2D eigenvalue weighted by Crippen LogP contribution is 2.21. The van der Waals surface area contributed by atoms with E-state index in [1.807, 2.05) is 29.0 Å². The molecule has 0 saturated carbocycles. The van der Waals surface area contributed by atoms with Crippen LogP contribution in [-0.4, -0.2) is 38.2 Å². The lowest BCUT2D eigenvalue weighted by Gasteiger charge is -2.15.